The molecule has 1 atom stereocenters. The predicted molar refractivity (Wildman–Crippen MR) is 110 cm³/mol. The van der Waals surface area contributed by atoms with E-state index in [2.05, 4.69) is 55.5 Å². The molecule has 0 amide bonds. The molecule has 4 heteroatoms. The minimum absolute atomic E-state index is 0.159. The van der Waals surface area contributed by atoms with E-state index in [0.717, 1.165) is 49.9 Å². The van der Waals surface area contributed by atoms with Crippen LogP contribution in [0.2, 0.25) is 0 Å². The number of hydrogen-bond donors (Lipinski definition) is 0. The highest BCUT2D eigenvalue weighted by atomic mass is 16.5. The van der Waals surface area contributed by atoms with Crippen LogP contribution in [0.5, 0.6) is 5.88 Å². The first-order valence-electron chi connectivity index (χ1n) is 9.86. The Morgan fingerprint density at radius 3 is 2.88 bits per heavy atom. The van der Waals surface area contributed by atoms with Crippen LogP contribution in [0.4, 0.5) is 0 Å². The molecular weight excluding hydrogens is 322 g/mol. The molecule has 1 saturated heterocycles. The Balaban J connectivity index is 1.89. The molecule has 1 fully saturated rings. The van der Waals surface area contributed by atoms with Crippen molar-refractivity contribution in [2.24, 2.45) is 0 Å². The average molecular weight is 358 g/mol. The number of aromatic nitrogens is 1. The van der Waals surface area contributed by atoms with Crippen molar-refractivity contribution in [3.05, 3.63) is 47.8 Å². The van der Waals surface area contributed by atoms with Crippen molar-refractivity contribution in [3.63, 3.8) is 0 Å². The molecule has 26 heavy (non-hydrogen) atoms. The van der Waals surface area contributed by atoms with Crippen molar-refractivity contribution in [2.45, 2.75) is 52.6 Å². The van der Waals surface area contributed by atoms with Gasteiger partial charge in [-0.15, -0.1) is 0 Å². The molecule has 1 aromatic heterocycles. The fraction of sp³-hybridized carbons (Fsp3) is 0.591. The third-order valence-electron chi connectivity index (χ3n) is 5.14. The zero-order chi connectivity index (χ0) is 19.1. The molecule has 1 aromatic rings. The summed E-state index contributed by atoms with van der Waals surface area (Å²) in [5.41, 5.74) is 3.65. The smallest absolute Gasteiger partial charge is 0.213 e. The second kappa shape index (κ2) is 9.77. The third-order valence-corrected chi connectivity index (χ3v) is 5.14. The number of likely N-dealkylation sites (tertiary alicyclic amines) is 1. The van der Waals surface area contributed by atoms with Crippen LogP contribution in [0, 0.1) is 0 Å². The van der Waals surface area contributed by atoms with Gasteiger partial charge in [-0.3, -0.25) is 0 Å². The summed E-state index contributed by atoms with van der Waals surface area (Å²) in [5, 5.41) is 0. The van der Waals surface area contributed by atoms with Gasteiger partial charge in [0.25, 0.3) is 0 Å². The van der Waals surface area contributed by atoms with E-state index in [1.165, 1.54) is 12.0 Å². The molecule has 0 bridgehead atoms. The van der Waals surface area contributed by atoms with Crippen LogP contribution < -0.4 is 4.74 Å². The predicted octanol–water partition coefficient (Wildman–Crippen LogP) is 4.46. The van der Waals surface area contributed by atoms with Gasteiger partial charge < -0.3 is 14.5 Å². The van der Waals surface area contributed by atoms with Crippen molar-refractivity contribution in [2.75, 3.05) is 33.2 Å². The molecule has 0 saturated carbocycles. The van der Waals surface area contributed by atoms with E-state index in [-0.39, 0.29) is 6.10 Å². The van der Waals surface area contributed by atoms with Gasteiger partial charge in [0.2, 0.25) is 5.88 Å². The topological polar surface area (TPSA) is 28.6 Å². The lowest BCUT2D eigenvalue weighted by atomic mass is 10.0. The summed E-state index contributed by atoms with van der Waals surface area (Å²) >= 11 is 0. The fourth-order valence-corrected chi connectivity index (χ4v) is 3.41. The van der Waals surface area contributed by atoms with Crippen LogP contribution in [0.25, 0.3) is 0 Å². The van der Waals surface area contributed by atoms with Gasteiger partial charge in [-0.2, -0.15) is 0 Å². The number of nitrogens with zero attached hydrogens (tertiary/aromatic N) is 3. The highest BCUT2D eigenvalue weighted by Crippen LogP contribution is 2.28. The molecule has 1 unspecified atom stereocenters. The molecule has 144 valence electrons. The van der Waals surface area contributed by atoms with Gasteiger partial charge in [0.1, 0.15) is 0 Å². The minimum atomic E-state index is 0.159. The Bertz CT molecular complexity index is 624. The zero-order valence-corrected chi connectivity index (χ0v) is 17.2. The van der Waals surface area contributed by atoms with E-state index in [0.29, 0.717) is 5.92 Å². The van der Waals surface area contributed by atoms with Gasteiger partial charge in [-0.25, -0.2) is 4.98 Å². The zero-order valence-electron chi connectivity index (χ0n) is 17.2. The Labute approximate surface area is 159 Å². The number of pyridine rings is 1. The number of hydrogen-bond acceptors (Lipinski definition) is 4. The Morgan fingerprint density at radius 1 is 1.46 bits per heavy atom. The van der Waals surface area contributed by atoms with Gasteiger partial charge in [0, 0.05) is 50.1 Å². The number of allylic oxidation sites excluding steroid dienone is 2. The summed E-state index contributed by atoms with van der Waals surface area (Å²) in [7, 11) is 2.11. The summed E-state index contributed by atoms with van der Waals surface area (Å²) < 4.78 is 5.75. The standard InChI is InChI=1S/C22H35N3O/c1-7-19(18(5)24(6)8-2)12-14-25-15-13-20(16-25)21-10-9-11-22(23-21)26-17(3)4/h7,9-11,17,20H,5,8,12-16H2,1-4,6H3/b19-7-. The SMILES string of the molecule is C=C(/C(=C\C)CCN1CCC(c2cccc(OC(C)C)n2)C1)N(C)CC. The lowest BCUT2D eigenvalue weighted by Gasteiger charge is -2.24. The van der Waals surface area contributed by atoms with E-state index >= 15 is 0 Å². The van der Waals surface area contributed by atoms with Gasteiger partial charge in [-0.1, -0.05) is 18.7 Å². The number of rotatable bonds is 9. The van der Waals surface area contributed by atoms with Crippen molar-refractivity contribution in [1.82, 2.24) is 14.8 Å². The normalized spacial score (nSPS) is 18.4. The van der Waals surface area contributed by atoms with Crippen LogP contribution in [0.1, 0.15) is 52.1 Å². The number of likely N-dealkylation sites (N-methyl/N-ethyl adjacent to an activating group) is 1. The first-order valence-corrected chi connectivity index (χ1v) is 9.86. The van der Waals surface area contributed by atoms with Crippen LogP contribution >= 0.6 is 0 Å². The Morgan fingerprint density at radius 2 is 2.23 bits per heavy atom. The molecule has 4 nitrogen and oxygen atoms in total. The highest BCUT2D eigenvalue weighted by molar-refractivity contribution is 5.26. The van der Waals surface area contributed by atoms with Crippen LogP contribution in [-0.4, -0.2) is 54.1 Å². The maximum Gasteiger partial charge on any atom is 0.213 e. The Kier molecular flexibility index (Phi) is 7.70. The lowest BCUT2D eigenvalue weighted by molar-refractivity contribution is 0.231. The lowest BCUT2D eigenvalue weighted by Crippen LogP contribution is -2.24. The van der Waals surface area contributed by atoms with Gasteiger partial charge in [0.05, 0.1) is 6.10 Å². The van der Waals surface area contributed by atoms with Crippen LogP contribution in [0.3, 0.4) is 0 Å². The summed E-state index contributed by atoms with van der Waals surface area (Å²) in [5.74, 6) is 1.24. The molecule has 1 aliphatic rings. The molecular formula is C22H35N3O. The second-order valence-electron chi connectivity index (χ2n) is 7.38. The molecule has 0 radical (unpaired) electrons. The minimum Gasteiger partial charge on any atom is -0.475 e. The maximum atomic E-state index is 5.75. The quantitative estimate of drug-likeness (QED) is 0.610. The van der Waals surface area contributed by atoms with Crippen LogP contribution in [0.15, 0.2) is 42.1 Å². The summed E-state index contributed by atoms with van der Waals surface area (Å²) in [6.07, 6.45) is 4.58. The van der Waals surface area contributed by atoms with Crippen molar-refractivity contribution in [3.8, 4) is 5.88 Å². The first-order chi connectivity index (χ1) is 12.4. The first kappa shape index (κ1) is 20.5. The molecule has 0 aromatic carbocycles. The highest BCUT2D eigenvalue weighted by Gasteiger charge is 2.25. The van der Waals surface area contributed by atoms with Gasteiger partial charge >= 0.3 is 0 Å². The van der Waals surface area contributed by atoms with Crippen molar-refractivity contribution >= 4 is 0 Å². The van der Waals surface area contributed by atoms with Crippen LogP contribution in [-0.2, 0) is 0 Å². The van der Waals surface area contributed by atoms with E-state index in [1.807, 2.05) is 19.9 Å². The second-order valence-corrected chi connectivity index (χ2v) is 7.38. The summed E-state index contributed by atoms with van der Waals surface area (Å²) in [6, 6.07) is 6.15. The van der Waals surface area contributed by atoms with E-state index < -0.39 is 0 Å². The molecule has 1 aliphatic heterocycles. The van der Waals surface area contributed by atoms with E-state index in [9.17, 15) is 0 Å². The Hall–Kier alpha value is -1.81. The maximum absolute atomic E-state index is 5.75. The molecule has 0 N–H and O–H groups in total. The third kappa shape index (κ3) is 5.60. The number of ether oxygens (including phenoxy) is 1. The molecule has 0 aliphatic carbocycles. The summed E-state index contributed by atoms with van der Waals surface area (Å²) in [4.78, 5) is 9.48. The average Bonchev–Trinajstić information content (AvgIpc) is 3.10. The summed E-state index contributed by atoms with van der Waals surface area (Å²) in [6.45, 7) is 16.9. The van der Waals surface area contributed by atoms with E-state index in [1.54, 1.807) is 0 Å². The largest absolute Gasteiger partial charge is 0.475 e. The fourth-order valence-electron chi connectivity index (χ4n) is 3.41. The van der Waals surface area contributed by atoms with E-state index in [4.69, 9.17) is 9.72 Å². The van der Waals surface area contributed by atoms with Crippen molar-refractivity contribution < 1.29 is 4.74 Å². The molecule has 0 spiro atoms. The molecule has 2 heterocycles. The molecule has 2 rings (SSSR count). The van der Waals surface area contributed by atoms with Gasteiger partial charge in [0.15, 0.2) is 0 Å². The monoisotopic (exact) mass is 357 g/mol. The van der Waals surface area contributed by atoms with Crippen molar-refractivity contribution in [1.29, 1.82) is 0 Å². The van der Waals surface area contributed by atoms with Gasteiger partial charge in [-0.05, 0) is 58.7 Å².